The highest BCUT2D eigenvalue weighted by atomic mass is 15.1. The van der Waals surface area contributed by atoms with E-state index >= 15 is 0 Å². The Kier molecular flexibility index (Phi) is 6.42. The van der Waals surface area contributed by atoms with Crippen LogP contribution in [0.2, 0.25) is 0 Å². The predicted molar refractivity (Wildman–Crippen MR) is 80.4 cm³/mol. The molecule has 0 aliphatic carbocycles. The number of imidazole rings is 1. The Balaban J connectivity index is 1.54. The van der Waals surface area contributed by atoms with Gasteiger partial charge in [0.1, 0.15) is 0 Å². The van der Waals surface area contributed by atoms with Crippen molar-refractivity contribution in [2.24, 2.45) is 0 Å². The fourth-order valence-corrected chi connectivity index (χ4v) is 2.77. The van der Waals surface area contributed by atoms with Crippen molar-refractivity contribution in [1.82, 2.24) is 14.9 Å². The molecular weight excluding hydrogens is 234 g/mol. The van der Waals surface area contributed by atoms with Gasteiger partial charge in [-0.2, -0.15) is 0 Å². The molecule has 1 aliphatic rings. The van der Waals surface area contributed by atoms with E-state index in [9.17, 15) is 0 Å². The van der Waals surface area contributed by atoms with E-state index in [1.54, 1.807) is 0 Å². The summed E-state index contributed by atoms with van der Waals surface area (Å²) >= 11 is 0. The summed E-state index contributed by atoms with van der Waals surface area (Å²) in [7, 11) is 0. The molecule has 0 aromatic carbocycles. The third-order valence-electron chi connectivity index (χ3n) is 4.20. The lowest BCUT2D eigenvalue weighted by molar-refractivity contribution is 0.419. The Labute approximate surface area is 117 Å². The zero-order valence-corrected chi connectivity index (χ0v) is 12.4. The number of nitrogens with one attached hydrogen (secondary N) is 1. The molecule has 0 radical (unpaired) electrons. The van der Waals surface area contributed by atoms with Crippen LogP contribution in [-0.2, 0) is 6.54 Å². The molecule has 1 aromatic heterocycles. The molecule has 2 heterocycles. The van der Waals surface area contributed by atoms with E-state index in [1.165, 1.54) is 57.1 Å². The Morgan fingerprint density at radius 2 is 1.79 bits per heavy atom. The maximum absolute atomic E-state index is 4.31. The van der Waals surface area contributed by atoms with Crippen molar-refractivity contribution in [3.05, 3.63) is 18.2 Å². The summed E-state index contributed by atoms with van der Waals surface area (Å²) in [6.45, 7) is 5.69. The molecule has 1 aromatic rings. The molecule has 2 rings (SSSR count). The molecule has 3 nitrogen and oxygen atoms in total. The molecule has 0 unspecified atom stereocenters. The van der Waals surface area contributed by atoms with E-state index in [1.807, 2.05) is 6.33 Å². The first-order valence-electron chi connectivity index (χ1n) is 8.12. The molecule has 0 amide bonds. The summed E-state index contributed by atoms with van der Waals surface area (Å²) in [4.78, 5) is 4.31. The predicted octanol–water partition coefficient (Wildman–Crippen LogP) is 3.71. The number of nitrogens with zero attached hydrogens (tertiary/aromatic N) is 2. The lowest BCUT2D eigenvalue weighted by Gasteiger charge is -2.27. The molecule has 0 saturated carbocycles. The van der Waals surface area contributed by atoms with E-state index < -0.39 is 0 Å². The normalized spacial score (nSPS) is 15.6. The van der Waals surface area contributed by atoms with E-state index in [0.717, 1.165) is 19.6 Å². The van der Waals surface area contributed by atoms with E-state index in [0.29, 0.717) is 5.92 Å². The van der Waals surface area contributed by atoms with Gasteiger partial charge in [-0.1, -0.05) is 51.9 Å². The third-order valence-corrected chi connectivity index (χ3v) is 4.20. The summed E-state index contributed by atoms with van der Waals surface area (Å²) in [5.74, 6) is 0.705. The van der Waals surface area contributed by atoms with Gasteiger partial charge in [-0.25, -0.2) is 4.98 Å². The Morgan fingerprint density at radius 1 is 1.11 bits per heavy atom. The minimum atomic E-state index is 0.705. The second kappa shape index (κ2) is 8.36. The molecular formula is C16H29N3. The van der Waals surface area contributed by atoms with Crippen LogP contribution in [0.15, 0.2) is 12.5 Å². The summed E-state index contributed by atoms with van der Waals surface area (Å²) in [5, 5.41) is 3.34. The molecule has 0 spiro atoms. The van der Waals surface area contributed by atoms with E-state index in [-0.39, 0.29) is 0 Å². The number of unbranched alkanes of at least 4 members (excludes halogenated alkanes) is 7. The van der Waals surface area contributed by atoms with Gasteiger partial charge >= 0.3 is 0 Å². The van der Waals surface area contributed by atoms with Crippen molar-refractivity contribution in [1.29, 1.82) is 0 Å². The van der Waals surface area contributed by atoms with Gasteiger partial charge in [-0.15, -0.1) is 0 Å². The smallest absolute Gasteiger partial charge is 0.0948 e. The van der Waals surface area contributed by atoms with Crippen molar-refractivity contribution in [2.45, 2.75) is 70.8 Å². The SMILES string of the molecule is CCCCCCCCCCn1cncc1C1CNC1. The van der Waals surface area contributed by atoms with Crippen LogP contribution >= 0.6 is 0 Å². The van der Waals surface area contributed by atoms with Crippen molar-refractivity contribution < 1.29 is 0 Å². The topological polar surface area (TPSA) is 29.9 Å². The highest BCUT2D eigenvalue weighted by Gasteiger charge is 2.21. The van der Waals surface area contributed by atoms with Gasteiger partial charge in [0.25, 0.3) is 0 Å². The zero-order chi connectivity index (χ0) is 13.3. The summed E-state index contributed by atoms with van der Waals surface area (Å²) in [6.07, 6.45) is 15.2. The number of rotatable bonds is 10. The maximum atomic E-state index is 4.31. The van der Waals surface area contributed by atoms with Crippen LogP contribution < -0.4 is 5.32 Å². The molecule has 1 fully saturated rings. The maximum Gasteiger partial charge on any atom is 0.0948 e. The van der Waals surface area contributed by atoms with E-state index in [2.05, 4.69) is 28.0 Å². The Morgan fingerprint density at radius 3 is 2.42 bits per heavy atom. The quantitative estimate of drug-likeness (QED) is 0.652. The largest absolute Gasteiger partial charge is 0.334 e. The van der Waals surface area contributed by atoms with Crippen molar-refractivity contribution in [3.63, 3.8) is 0 Å². The van der Waals surface area contributed by atoms with Gasteiger partial charge in [-0.3, -0.25) is 0 Å². The number of aryl methyl sites for hydroxylation is 1. The van der Waals surface area contributed by atoms with Gasteiger partial charge in [0, 0.05) is 37.4 Å². The van der Waals surface area contributed by atoms with Crippen LogP contribution in [0.1, 0.15) is 69.9 Å². The fraction of sp³-hybridized carbons (Fsp3) is 0.812. The molecule has 1 saturated heterocycles. The van der Waals surface area contributed by atoms with Crippen LogP contribution in [-0.4, -0.2) is 22.6 Å². The summed E-state index contributed by atoms with van der Waals surface area (Å²) in [5.41, 5.74) is 1.43. The van der Waals surface area contributed by atoms with Gasteiger partial charge in [0.05, 0.1) is 6.33 Å². The molecule has 1 N–H and O–H groups in total. The lowest BCUT2D eigenvalue weighted by atomic mass is 10.00. The van der Waals surface area contributed by atoms with Crippen molar-refractivity contribution in [2.75, 3.05) is 13.1 Å². The monoisotopic (exact) mass is 263 g/mol. The first kappa shape index (κ1) is 14.6. The molecule has 0 atom stereocenters. The van der Waals surface area contributed by atoms with Gasteiger partial charge in [0.2, 0.25) is 0 Å². The highest BCUT2D eigenvalue weighted by molar-refractivity contribution is 5.11. The van der Waals surface area contributed by atoms with Crippen LogP contribution in [0, 0.1) is 0 Å². The zero-order valence-electron chi connectivity index (χ0n) is 12.4. The summed E-state index contributed by atoms with van der Waals surface area (Å²) in [6, 6.07) is 0. The van der Waals surface area contributed by atoms with Crippen LogP contribution in [0.3, 0.4) is 0 Å². The van der Waals surface area contributed by atoms with Crippen molar-refractivity contribution in [3.8, 4) is 0 Å². The van der Waals surface area contributed by atoms with Gasteiger partial charge in [0.15, 0.2) is 0 Å². The van der Waals surface area contributed by atoms with Crippen molar-refractivity contribution >= 4 is 0 Å². The molecule has 19 heavy (non-hydrogen) atoms. The second-order valence-corrected chi connectivity index (χ2v) is 5.84. The first-order valence-corrected chi connectivity index (χ1v) is 8.12. The fourth-order valence-electron chi connectivity index (χ4n) is 2.77. The number of hydrogen-bond donors (Lipinski definition) is 1. The molecule has 108 valence electrons. The minimum Gasteiger partial charge on any atom is -0.334 e. The highest BCUT2D eigenvalue weighted by Crippen LogP contribution is 2.20. The third kappa shape index (κ3) is 4.64. The molecule has 3 heteroatoms. The summed E-state index contributed by atoms with van der Waals surface area (Å²) < 4.78 is 2.36. The minimum absolute atomic E-state index is 0.705. The Hall–Kier alpha value is -0.830. The average Bonchev–Trinajstić information content (AvgIpc) is 2.79. The first-order chi connectivity index (χ1) is 9.42. The number of hydrogen-bond acceptors (Lipinski definition) is 2. The van der Waals surface area contributed by atoms with E-state index in [4.69, 9.17) is 0 Å². The van der Waals surface area contributed by atoms with Gasteiger partial charge < -0.3 is 9.88 Å². The standard InChI is InChI=1S/C16H29N3/c1-2-3-4-5-6-7-8-9-10-19-14-18-13-16(19)15-11-17-12-15/h13-15,17H,2-12H2,1H3. The van der Waals surface area contributed by atoms with Crippen LogP contribution in [0.4, 0.5) is 0 Å². The molecule has 0 bridgehead atoms. The Bertz CT molecular complexity index is 342. The van der Waals surface area contributed by atoms with Crippen LogP contribution in [0.25, 0.3) is 0 Å². The molecule has 1 aliphatic heterocycles. The average molecular weight is 263 g/mol. The number of aromatic nitrogens is 2. The lowest BCUT2D eigenvalue weighted by Crippen LogP contribution is -2.40. The van der Waals surface area contributed by atoms with Gasteiger partial charge in [-0.05, 0) is 6.42 Å². The second-order valence-electron chi connectivity index (χ2n) is 5.84. The van der Waals surface area contributed by atoms with Crippen LogP contribution in [0.5, 0.6) is 0 Å².